The zero-order chi connectivity index (χ0) is 8.77. The monoisotopic (exact) mass is 226 g/mol. The molecule has 1 aliphatic carbocycles. The fraction of sp³-hybridized carbons (Fsp3) is 0.400. The van der Waals surface area contributed by atoms with Crippen molar-refractivity contribution >= 4 is 15.9 Å². The van der Waals surface area contributed by atoms with E-state index < -0.39 is 5.60 Å². The summed E-state index contributed by atoms with van der Waals surface area (Å²) in [5, 5.41) is 9.79. The van der Waals surface area contributed by atoms with Crippen molar-refractivity contribution in [2.75, 3.05) is 0 Å². The molecule has 0 heterocycles. The predicted molar refractivity (Wildman–Crippen MR) is 52.0 cm³/mol. The summed E-state index contributed by atoms with van der Waals surface area (Å²) in [6.45, 7) is 2.05. The lowest BCUT2D eigenvalue weighted by Crippen LogP contribution is -2.03. The number of aliphatic hydroxyl groups is 1. The third-order valence-electron chi connectivity index (χ3n) is 2.43. The predicted octanol–water partition coefficient (Wildman–Crippen LogP) is 2.74. The maximum Gasteiger partial charge on any atom is 0.0899 e. The summed E-state index contributed by atoms with van der Waals surface area (Å²) in [5.41, 5.74) is 1.75. The van der Waals surface area contributed by atoms with E-state index >= 15 is 0 Å². The fourth-order valence-electron chi connectivity index (χ4n) is 1.29. The van der Waals surface area contributed by atoms with Gasteiger partial charge in [0.15, 0.2) is 0 Å². The first-order valence-electron chi connectivity index (χ1n) is 4.11. The first-order valence-corrected chi connectivity index (χ1v) is 4.90. The molecule has 0 saturated heterocycles. The van der Waals surface area contributed by atoms with Gasteiger partial charge in [0.2, 0.25) is 0 Å². The van der Waals surface area contributed by atoms with Crippen LogP contribution in [-0.4, -0.2) is 5.11 Å². The number of hydrogen-bond acceptors (Lipinski definition) is 1. The second kappa shape index (κ2) is 2.57. The second-order valence-corrected chi connectivity index (χ2v) is 4.35. The molecule has 0 spiro atoms. The molecule has 1 aromatic carbocycles. The molecule has 1 saturated carbocycles. The Kier molecular flexibility index (Phi) is 1.77. The van der Waals surface area contributed by atoms with Crippen molar-refractivity contribution in [2.24, 2.45) is 0 Å². The Morgan fingerprint density at radius 2 is 2.08 bits per heavy atom. The Balaban J connectivity index is 2.41. The van der Waals surface area contributed by atoms with Crippen LogP contribution in [0.1, 0.15) is 24.0 Å². The summed E-state index contributed by atoms with van der Waals surface area (Å²) in [6.07, 6.45) is 1.81. The van der Waals surface area contributed by atoms with Gasteiger partial charge < -0.3 is 5.11 Å². The molecule has 12 heavy (non-hydrogen) atoms. The van der Waals surface area contributed by atoms with Gasteiger partial charge in [0.1, 0.15) is 0 Å². The van der Waals surface area contributed by atoms with Crippen LogP contribution >= 0.6 is 15.9 Å². The van der Waals surface area contributed by atoms with Crippen molar-refractivity contribution < 1.29 is 5.11 Å². The normalized spacial score (nSPS) is 19.2. The van der Waals surface area contributed by atoms with Gasteiger partial charge in [0.25, 0.3) is 0 Å². The fourth-order valence-corrected chi connectivity index (χ4v) is 1.67. The Morgan fingerprint density at radius 3 is 2.58 bits per heavy atom. The lowest BCUT2D eigenvalue weighted by atomic mass is 10.1. The topological polar surface area (TPSA) is 20.2 Å². The molecule has 1 N–H and O–H groups in total. The van der Waals surface area contributed by atoms with E-state index in [0.29, 0.717) is 0 Å². The number of benzene rings is 1. The number of rotatable bonds is 1. The van der Waals surface area contributed by atoms with E-state index in [2.05, 4.69) is 15.9 Å². The molecule has 1 fully saturated rings. The third kappa shape index (κ3) is 1.29. The van der Waals surface area contributed by atoms with Crippen LogP contribution < -0.4 is 0 Å². The van der Waals surface area contributed by atoms with Crippen LogP contribution in [0, 0.1) is 6.92 Å². The SMILES string of the molecule is Cc1ccc(C2(O)CC2)cc1Br. The van der Waals surface area contributed by atoms with Gasteiger partial charge in [-0.05, 0) is 37.0 Å². The van der Waals surface area contributed by atoms with Gasteiger partial charge in [-0.25, -0.2) is 0 Å². The molecule has 0 bridgehead atoms. The Hall–Kier alpha value is -0.340. The smallest absolute Gasteiger partial charge is 0.0899 e. The van der Waals surface area contributed by atoms with Crippen LogP contribution in [0.4, 0.5) is 0 Å². The molecule has 2 heteroatoms. The Labute approximate surface area is 80.5 Å². The molecule has 64 valence electrons. The van der Waals surface area contributed by atoms with Crippen LogP contribution in [0.2, 0.25) is 0 Å². The Morgan fingerprint density at radius 1 is 1.42 bits per heavy atom. The van der Waals surface area contributed by atoms with Gasteiger partial charge >= 0.3 is 0 Å². The van der Waals surface area contributed by atoms with E-state index in [0.717, 1.165) is 22.9 Å². The molecule has 0 radical (unpaired) electrons. The molecular formula is C10H11BrO. The van der Waals surface area contributed by atoms with Crippen LogP contribution in [0.5, 0.6) is 0 Å². The highest BCUT2D eigenvalue weighted by atomic mass is 79.9. The molecule has 0 unspecified atom stereocenters. The number of hydrogen-bond donors (Lipinski definition) is 1. The number of aryl methyl sites for hydroxylation is 1. The van der Waals surface area contributed by atoms with E-state index in [1.807, 2.05) is 25.1 Å². The summed E-state index contributed by atoms with van der Waals surface area (Å²) < 4.78 is 1.08. The van der Waals surface area contributed by atoms with E-state index in [-0.39, 0.29) is 0 Å². The minimum atomic E-state index is -0.504. The van der Waals surface area contributed by atoms with Gasteiger partial charge in [-0.1, -0.05) is 28.1 Å². The quantitative estimate of drug-likeness (QED) is 0.782. The van der Waals surface area contributed by atoms with Crippen molar-refractivity contribution in [1.82, 2.24) is 0 Å². The minimum Gasteiger partial charge on any atom is -0.385 e. The highest BCUT2D eigenvalue weighted by Crippen LogP contribution is 2.45. The maximum absolute atomic E-state index is 9.79. The van der Waals surface area contributed by atoms with E-state index in [9.17, 15) is 5.11 Å². The van der Waals surface area contributed by atoms with Crippen molar-refractivity contribution in [3.8, 4) is 0 Å². The first-order chi connectivity index (χ1) is 5.62. The van der Waals surface area contributed by atoms with Crippen LogP contribution in [-0.2, 0) is 5.60 Å². The van der Waals surface area contributed by atoms with Crippen molar-refractivity contribution in [2.45, 2.75) is 25.4 Å². The summed E-state index contributed by atoms with van der Waals surface area (Å²) in [5.74, 6) is 0. The number of halogens is 1. The van der Waals surface area contributed by atoms with Gasteiger partial charge in [-0.2, -0.15) is 0 Å². The maximum atomic E-state index is 9.79. The lowest BCUT2D eigenvalue weighted by molar-refractivity contribution is 0.151. The minimum absolute atomic E-state index is 0.504. The molecule has 2 rings (SSSR count). The molecule has 1 nitrogen and oxygen atoms in total. The van der Waals surface area contributed by atoms with Gasteiger partial charge in [0, 0.05) is 4.47 Å². The van der Waals surface area contributed by atoms with Crippen molar-refractivity contribution in [3.63, 3.8) is 0 Å². The van der Waals surface area contributed by atoms with E-state index in [1.165, 1.54) is 5.56 Å². The standard InChI is InChI=1S/C10H11BrO/c1-7-2-3-8(6-9(7)11)10(12)4-5-10/h2-3,6,12H,4-5H2,1H3. The molecule has 0 aliphatic heterocycles. The molecule has 0 aromatic heterocycles. The lowest BCUT2D eigenvalue weighted by Gasteiger charge is -2.09. The molecule has 0 atom stereocenters. The van der Waals surface area contributed by atoms with Gasteiger partial charge in [-0.15, -0.1) is 0 Å². The Bertz CT molecular complexity index is 316. The van der Waals surface area contributed by atoms with Crippen LogP contribution in [0.3, 0.4) is 0 Å². The zero-order valence-electron chi connectivity index (χ0n) is 6.97. The molecule has 0 amide bonds. The van der Waals surface area contributed by atoms with Crippen molar-refractivity contribution in [3.05, 3.63) is 33.8 Å². The van der Waals surface area contributed by atoms with Crippen LogP contribution in [0.25, 0.3) is 0 Å². The van der Waals surface area contributed by atoms with E-state index in [1.54, 1.807) is 0 Å². The van der Waals surface area contributed by atoms with Crippen molar-refractivity contribution in [1.29, 1.82) is 0 Å². The molecule has 1 aromatic rings. The summed E-state index contributed by atoms with van der Waals surface area (Å²) in [7, 11) is 0. The largest absolute Gasteiger partial charge is 0.385 e. The van der Waals surface area contributed by atoms with Gasteiger partial charge in [-0.3, -0.25) is 0 Å². The highest BCUT2D eigenvalue weighted by molar-refractivity contribution is 9.10. The zero-order valence-corrected chi connectivity index (χ0v) is 8.56. The third-order valence-corrected chi connectivity index (χ3v) is 3.29. The second-order valence-electron chi connectivity index (χ2n) is 3.50. The first kappa shape index (κ1) is 8.27. The highest BCUT2D eigenvalue weighted by Gasteiger charge is 2.42. The van der Waals surface area contributed by atoms with Crippen LogP contribution in [0.15, 0.2) is 22.7 Å². The molecular weight excluding hydrogens is 216 g/mol. The average Bonchev–Trinajstić information content (AvgIpc) is 2.75. The summed E-state index contributed by atoms with van der Waals surface area (Å²) in [6, 6.07) is 6.06. The summed E-state index contributed by atoms with van der Waals surface area (Å²) in [4.78, 5) is 0. The molecule has 1 aliphatic rings. The summed E-state index contributed by atoms with van der Waals surface area (Å²) >= 11 is 3.46. The van der Waals surface area contributed by atoms with E-state index in [4.69, 9.17) is 0 Å². The van der Waals surface area contributed by atoms with Gasteiger partial charge in [0.05, 0.1) is 5.60 Å². The average molecular weight is 227 g/mol.